The number of anilines is 1. The van der Waals surface area contributed by atoms with E-state index in [1.807, 2.05) is 24.5 Å². The zero-order valence-corrected chi connectivity index (χ0v) is 20.1. The number of hydrogen-bond acceptors (Lipinski definition) is 3. The summed E-state index contributed by atoms with van der Waals surface area (Å²) in [6.07, 6.45) is 3.75. The Morgan fingerprint density at radius 1 is 0.879 bits per heavy atom. The quantitative estimate of drug-likeness (QED) is 0.403. The minimum atomic E-state index is -0.0702. The van der Waals surface area contributed by atoms with Gasteiger partial charge in [-0.15, -0.1) is 0 Å². The highest BCUT2D eigenvalue weighted by Gasteiger charge is 2.42. The summed E-state index contributed by atoms with van der Waals surface area (Å²) in [4.78, 5) is 11.6. The van der Waals surface area contributed by atoms with Crippen molar-refractivity contribution in [2.75, 3.05) is 4.90 Å². The molecule has 1 N–H and O–H groups in total. The Kier molecular flexibility index (Phi) is 5.46. The third-order valence-corrected chi connectivity index (χ3v) is 6.61. The molecule has 1 saturated heterocycles. The smallest absolute Gasteiger partial charge is 0.174 e. The minimum Gasteiger partial charge on any atom is -0.351 e. The highest BCUT2D eigenvalue weighted by molar-refractivity contribution is 7.80. The summed E-state index contributed by atoms with van der Waals surface area (Å²) in [6.45, 7) is 8.46. The van der Waals surface area contributed by atoms with Gasteiger partial charge in [-0.1, -0.05) is 24.3 Å². The van der Waals surface area contributed by atoms with Gasteiger partial charge in [-0.3, -0.25) is 4.98 Å². The highest BCUT2D eigenvalue weighted by Crippen LogP contribution is 2.43. The molecule has 0 unspecified atom stereocenters. The average molecular weight is 454 g/mol. The number of aryl methyl sites for hydroxylation is 3. The fraction of sp³-hybridized carbons (Fsp3) is 0.222. The first-order chi connectivity index (χ1) is 15.9. The van der Waals surface area contributed by atoms with Crippen LogP contribution >= 0.6 is 12.2 Å². The van der Waals surface area contributed by atoms with Gasteiger partial charge in [-0.05, 0) is 93.0 Å². The lowest BCUT2D eigenvalue weighted by atomic mass is 9.96. The monoisotopic (exact) mass is 453 g/mol. The van der Waals surface area contributed by atoms with Crippen LogP contribution in [0.4, 0.5) is 5.69 Å². The second-order valence-electron chi connectivity index (χ2n) is 8.69. The third-order valence-electron chi connectivity index (χ3n) is 6.29. The van der Waals surface area contributed by atoms with Crippen LogP contribution < -0.4 is 10.2 Å². The molecule has 0 bridgehead atoms. The van der Waals surface area contributed by atoms with Crippen LogP contribution in [0.1, 0.15) is 45.9 Å². The van der Waals surface area contributed by atoms with Crippen molar-refractivity contribution in [3.63, 3.8) is 0 Å². The van der Waals surface area contributed by atoms with E-state index in [2.05, 4.69) is 101 Å². The predicted molar refractivity (Wildman–Crippen MR) is 137 cm³/mol. The maximum Gasteiger partial charge on any atom is 0.174 e. The van der Waals surface area contributed by atoms with Gasteiger partial charge in [0.15, 0.2) is 5.11 Å². The molecule has 1 aromatic carbocycles. The second-order valence-corrected chi connectivity index (χ2v) is 9.08. The van der Waals surface area contributed by atoms with Crippen molar-refractivity contribution in [1.82, 2.24) is 19.9 Å². The molecule has 5 rings (SSSR count). The minimum absolute atomic E-state index is 0.0420. The Bertz CT molecular complexity index is 1310. The Morgan fingerprint density at radius 3 is 2.42 bits per heavy atom. The molecule has 1 aliphatic heterocycles. The van der Waals surface area contributed by atoms with Gasteiger partial charge in [0.05, 0.1) is 17.8 Å². The van der Waals surface area contributed by atoms with Crippen LogP contribution in [0.25, 0.3) is 5.82 Å². The average Bonchev–Trinajstić information content (AvgIpc) is 3.30. The molecule has 3 aromatic heterocycles. The van der Waals surface area contributed by atoms with Crippen molar-refractivity contribution in [1.29, 1.82) is 0 Å². The highest BCUT2D eigenvalue weighted by atomic mass is 32.1. The van der Waals surface area contributed by atoms with E-state index in [1.165, 1.54) is 11.1 Å². The van der Waals surface area contributed by atoms with Crippen LogP contribution in [0, 0.1) is 27.7 Å². The van der Waals surface area contributed by atoms with E-state index in [0.717, 1.165) is 34.2 Å². The zero-order valence-electron chi connectivity index (χ0n) is 19.3. The number of thiocarbonyl (C=S) groups is 1. The van der Waals surface area contributed by atoms with Gasteiger partial charge >= 0.3 is 0 Å². The first-order valence-electron chi connectivity index (χ1n) is 11.1. The fourth-order valence-electron chi connectivity index (χ4n) is 4.76. The van der Waals surface area contributed by atoms with Crippen LogP contribution in [0.2, 0.25) is 0 Å². The molecule has 4 heterocycles. The molecule has 5 nitrogen and oxygen atoms in total. The molecule has 0 radical (unpaired) electrons. The van der Waals surface area contributed by atoms with E-state index in [0.29, 0.717) is 5.11 Å². The van der Waals surface area contributed by atoms with Crippen molar-refractivity contribution in [2.45, 2.75) is 39.8 Å². The standard InChI is InChI=1S/C27H27N5S/c1-17-8-7-9-21(14-17)32-26(25(30-27(32)33)23-10-5-6-13-28-23)22-15-19(3)31(20(22)4)24-12-11-18(2)16-29-24/h5-16,25-26H,1-4H3,(H,30,33)/t25-,26-/m1/s1. The van der Waals surface area contributed by atoms with Gasteiger partial charge in [-0.25, -0.2) is 4.98 Å². The maximum absolute atomic E-state index is 5.88. The summed E-state index contributed by atoms with van der Waals surface area (Å²) in [5.74, 6) is 0.923. The Hall–Kier alpha value is -3.51. The van der Waals surface area contributed by atoms with Crippen molar-refractivity contribution < 1.29 is 0 Å². The topological polar surface area (TPSA) is 46.0 Å². The lowest BCUT2D eigenvalue weighted by Gasteiger charge is -2.28. The SMILES string of the molecule is Cc1ccc(-n2c(C)cc([C@@H]3[C@@H](c4ccccn4)NC(=S)N3c3cccc(C)c3)c2C)nc1. The summed E-state index contributed by atoms with van der Waals surface area (Å²) in [7, 11) is 0. The molecular formula is C27H27N5S. The molecule has 0 spiro atoms. The van der Waals surface area contributed by atoms with E-state index in [4.69, 9.17) is 12.2 Å². The molecule has 1 fully saturated rings. The first kappa shape index (κ1) is 21.3. The van der Waals surface area contributed by atoms with Crippen LogP contribution in [0.15, 0.2) is 73.1 Å². The number of nitrogens with one attached hydrogen (secondary N) is 1. The number of benzene rings is 1. The van der Waals surface area contributed by atoms with Crippen molar-refractivity contribution >= 4 is 23.0 Å². The Morgan fingerprint density at radius 2 is 1.73 bits per heavy atom. The molecule has 2 atom stereocenters. The van der Waals surface area contributed by atoms with Gasteiger partial charge in [0.25, 0.3) is 0 Å². The van der Waals surface area contributed by atoms with Crippen molar-refractivity contribution in [3.05, 3.63) is 107 Å². The molecule has 4 aromatic rings. The van der Waals surface area contributed by atoms with E-state index in [1.54, 1.807) is 0 Å². The molecule has 33 heavy (non-hydrogen) atoms. The van der Waals surface area contributed by atoms with Crippen LogP contribution in [0.5, 0.6) is 0 Å². The first-order valence-corrected chi connectivity index (χ1v) is 11.5. The maximum atomic E-state index is 5.88. The van der Waals surface area contributed by atoms with Gasteiger partial charge in [0.2, 0.25) is 0 Å². The lowest BCUT2D eigenvalue weighted by molar-refractivity contribution is 0.565. The lowest BCUT2D eigenvalue weighted by Crippen LogP contribution is -2.29. The van der Waals surface area contributed by atoms with E-state index >= 15 is 0 Å². The van der Waals surface area contributed by atoms with E-state index in [-0.39, 0.29) is 12.1 Å². The normalized spacial score (nSPS) is 17.9. The number of pyridine rings is 2. The largest absolute Gasteiger partial charge is 0.351 e. The zero-order chi connectivity index (χ0) is 23.1. The summed E-state index contributed by atoms with van der Waals surface area (Å²) in [5, 5.41) is 4.27. The molecule has 6 heteroatoms. The molecular weight excluding hydrogens is 426 g/mol. The van der Waals surface area contributed by atoms with Crippen LogP contribution in [-0.4, -0.2) is 19.6 Å². The van der Waals surface area contributed by atoms with Gasteiger partial charge < -0.3 is 14.8 Å². The van der Waals surface area contributed by atoms with E-state index < -0.39 is 0 Å². The van der Waals surface area contributed by atoms with Crippen molar-refractivity contribution in [3.8, 4) is 5.82 Å². The van der Waals surface area contributed by atoms with Crippen LogP contribution in [-0.2, 0) is 0 Å². The second kappa shape index (κ2) is 8.45. The number of nitrogens with zero attached hydrogens (tertiary/aromatic N) is 4. The third kappa shape index (κ3) is 3.80. The summed E-state index contributed by atoms with van der Waals surface area (Å²) in [6, 6.07) is 20.8. The Balaban J connectivity index is 1.68. The molecule has 1 aliphatic rings. The molecule has 0 amide bonds. The Labute approximate surface area is 200 Å². The van der Waals surface area contributed by atoms with Crippen LogP contribution in [0.3, 0.4) is 0 Å². The molecule has 0 saturated carbocycles. The van der Waals surface area contributed by atoms with Gasteiger partial charge in [0, 0.05) is 29.5 Å². The van der Waals surface area contributed by atoms with Gasteiger partial charge in [0.1, 0.15) is 5.82 Å². The summed E-state index contributed by atoms with van der Waals surface area (Å²) in [5.41, 5.74) is 7.89. The van der Waals surface area contributed by atoms with Gasteiger partial charge in [-0.2, -0.15) is 0 Å². The predicted octanol–water partition coefficient (Wildman–Crippen LogP) is 5.68. The summed E-state index contributed by atoms with van der Waals surface area (Å²) < 4.78 is 2.22. The molecule has 166 valence electrons. The number of aromatic nitrogens is 3. The fourth-order valence-corrected chi connectivity index (χ4v) is 5.10. The number of rotatable bonds is 4. The molecule has 0 aliphatic carbocycles. The van der Waals surface area contributed by atoms with Crippen molar-refractivity contribution in [2.24, 2.45) is 0 Å². The summed E-state index contributed by atoms with van der Waals surface area (Å²) >= 11 is 5.88. The number of hydrogen-bond donors (Lipinski definition) is 1. The van der Waals surface area contributed by atoms with E-state index in [9.17, 15) is 0 Å².